The molecule has 0 saturated carbocycles. The quantitative estimate of drug-likeness (QED) is 0.398. The molecule has 2 rings (SSSR count). The fourth-order valence-electron chi connectivity index (χ4n) is 1.76. The number of aromatic amines is 1. The van der Waals surface area contributed by atoms with Gasteiger partial charge in [0.25, 0.3) is 0 Å². The number of nitrogens with one attached hydrogen (secondary N) is 1. The molecule has 0 radical (unpaired) electrons. The van der Waals surface area contributed by atoms with Crippen LogP contribution in [0.2, 0.25) is 0 Å². The first-order valence-electron chi connectivity index (χ1n) is 4.95. The van der Waals surface area contributed by atoms with Crippen molar-refractivity contribution in [3.63, 3.8) is 0 Å². The molecule has 0 amide bonds. The number of aliphatic hydroxyl groups excluding tert-OH is 4. The molecule has 0 aromatic carbocycles. The lowest BCUT2D eigenvalue weighted by atomic mass is 9.95. The van der Waals surface area contributed by atoms with Gasteiger partial charge in [0.2, 0.25) is 0 Å². The van der Waals surface area contributed by atoms with Gasteiger partial charge in [0.05, 0.1) is 6.61 Å². The Labute approximate surface area is 91.3 Å². The van der Waals surface area contributed by atoms with Gasteiger partial charge in [-0.25, -0.2) is 4.98 Å². The predicted octanol–water partition coefficient (Wildman–Crippen LogP) is -2.08. The van der Waals surface area contributed by atoms with Crippen LogP contribution in [0.1, 0.15) is 11.9 Å². The van der Waals surface area contributed by atoms with E-state index in [1.54, 1.807) is 6.20 Å². The summed E-state index contributed by atoms with van der Waals surface area (Å²) in [5, 5.41) is 37.8. The van der Waals surface area contributed by atoms with Crippen LogP contribution in [0.4, 0.5) is 0 Å². The van der Waals surface area contributed by atoms with E-state index in [1.165, 1.54) is 6.20 Å². The first-order chi connectivity index (χ1) is 7.65. The largest absolute Gasteiger partial charge is 0.394 e. The number of aliphatic hydroxyl groups is 4. The van der Waals surface area contributed by atoms with Crippen LogP contribution in [-0.4, -0.2) is 61.4 Å². The average Bonchev–Trinajstić information content (AvgIpc) is 2.80. The highest BCUT2D eigenvalue weighted by Gasteiger charge is 2.44. The van der Waals surface area contributed by atoms with Crippen molar-refractivity contribution in [3.8, 4) is 0 Å². The second-order valence-corrected chi connectivity index (χ2v) is 3.72. The molecule has 5 atom stereocenters. The van der Waals surface area contributed by atoms with Gasteiger partial charge in [0, 0.05) is 12.4 Å². The highest BCUT2D eigenvalue weighted by atomic mass is 16.5. The second kappa shape index (κ2) is 4.48. The van der Waals surface area contributed by atoms with Gasteiger partial charge >= 0.3 is 0 Å². The second-order valence-electron chi connectivity index (χ2n) is 3.72. The number of ether oxygens (including phenoxy) is 1. The van der Waals surface area contributed by atoms with Gasteiger partial charge in [-0.1, -0.05) is 0 Å². The minimum atomic E-state index is -1.37. The van der Waals surface area contributed by atoms with E-state index in [4.69, 9.17) is 9.84 Å². The zero-order valence-electron chi connectivity index (χ0n) is 8.39. The highest BCUT2D eigenvalue weighted by Crippen LogP contribution is 2.30. The minimum Gasteiger partial charge on any atom is -0.394 e. The molecule has 7 nitrogen and oxygen atoms in total. The first-order valence-corrected chi connectivity index (χ1v) is 4.95. The third-order valence-corrected chi connectivity index (χ3v) is 2.68. The van der Waals surface area contributed by atoms with Crippen molar-refractivity contribution in [2.75, 3.05) is 6.61 Å². The van der Waals surface area contributed by atoms with Crippen molar-refractivity contribution in [1.82, 2.24) is 9.97 Å². The number of imidazole rings is 1. The van der Waals surface area contributed by atoms with E-state index in [-0.39, 0.29) is 0 Å². The summed E-state index contributed by atoms with van der Waals surface area (Å²) in [6.07, 6.45) is -2.76. The van der Waals surface area contributed by atoms with Crippen molar-refractivity contribution in [3.05, 3.63) is 18.2 Å². The molecule has 90 valence electrons. The van der Waals surface area contributed by atoms with E-state index in [0.717, 1.165) is 0 Å². The summed E-state index contributed by atoms with van der Waals surface area (Å²) in [5.74, 6) is 0.344. The standard InChI is InChI=1S/C9H14N2O5/c12-3-4-5(13)6(14)7(15)8(16-4)9-10-1-2-11-9/h1-2,4-8,12-15H,3H2,(H,10,11)/t4-,5-,6+,7-,8?/m1/s1. The lowest BCUT2D eigenvalue weighted by Gasteiger charge is -2.39. The molecule has 1 saturated heterocycles. The zero-order chi connectivity index (χ0) is 11.7. The molecule has 1 unspecified atom stereocenters. The lowest BCUT2D eigenvalue weighted by Crippen LogP contribution is -2.55. The first kappa shape index (κ1) is 11.5. The monoisotopic (exact) mass is 230 g/mol. The summed E-state index contributed by atoms with van der Waals surface area (Å²) >= 11 is 0. The average molecular weight is 230 g/mol. The molecular formula is C9H14N2O5. The Kier molecular flexibility index (Phi) is 3.22. The summed E-state index contributed by atoms with van der Waals surface area (Å²) in [7, 11) is 0. The SMILES string of the molecule is OC[C@H]1OC(c2ncc[nH]2)[C@H](O)[C@@H](O)[C@@H]1O. The lowest BCUT2D eigenvalue weighted by molar-refractivity contribution is -0.233. The normalized spacial score (nSPS) is 39.9. The van der Waals surface area contributed by atoms with Crippen LogP contribution in [0.15, 0.2) is 12.4 Å². The number of aromatic nitrogens is 2. The van der Waals surface area contributed by atoms with E-state index in [2.05, 4.69) is 9.97 Å². The smallest absolute Gasteiger partial charge is 0.144 e. The molecule has 16 heavy (non-hydrogen) atoms. The number of nitrogens with zero attached hydrogens (tertiary/aromatic N) is 1. The summed E-state index contributed by atoms with van der Waals surface area (Å²) < 4.78 is 5.27. The maximum Gasteiger partial charge on any atom is 0.144 e. The fourth-order valence-corrected chi connectivity index (χ4v) is 1.76. The molecule has 0 aliphatic carbocycles. The molecule has 1 aliphatic heterocycles. The molecule has 5 N–H and O–H groups in total. The molecule has 1 fully saturated rings. The van der Waals surface area contributed by atoms with E-state index in [9.17, 15) is 15.3 Å². The Hall–Kier alpha value is -0.990. The van der Waals surface area contributed by atoms with Crippen LogP contribution in [0.3, 0.4) is 0 Å². The van der Waals surface area contributed by atoms with Gasteiger partial charge in [-0.15, -0.1) is 0 Å². The van der Waals surface area contributed by atoms with Crippen LogP contribution >= 0.6 is 0 Å². The molecule has 1 aliphatic rings. The topological polar surface area (TPSA) is 119 Å². The van der Waals surface area contributed by atoms with Crippen LogP contribution < -0.4 is 0 Å². The number of rotatable bonds is 2. The molecule has 0 bridgehead atoms. The van der Waals surface area contributed by atoms with E-state index < -0.39 is 37.1 Å². The summed E-state index contributed by atoms with van der Waals surface area (Å²) in [6.45, 7) is -0.442. The number of hydrogen-bond donors (Lipinski definition) is 5. The molecule has 1 aromatic heterocycles. The van der Waals surface area contributed by atoms with Crippen molar-refractivity contribution in [2.45, 2.75) is 30.5 Å². The van der Waals surface area contributed by atoms with Gasteiger partial charge in [-0.05, 0) is 0 Å². The third-order valence-electron chi connectivity index (χ3n) is 2.68. The summed E-state index contributed by atoms with van der Waals surface area (Å²) in [5.41, 5.74) is 0. The van der Waals surface area contributed by atoms with Crippen LogP contribution in [0.25, 0.3) is 0 Å². The Morgan fingerprint density at radius 3 is 2.56 bits per heavy atom. The van der Waals surface area contributed by atoms with Crippen molar-refractivity contribution >= 4 is 0 Å². The Morgan fingerprint density at radius 2 is 2.00 bits per heavy atom. The molecular weight excluding hydrogens is 216 g/mol. The zero-order valence-corrected chi connectivity index (χ0v) is 8.39. The van der Waals surface area contributed by atoms with Gasteiger partial charge in [0.15, 0.2) is 0 Å². The van der Waals surface area contributed by atoms with Crippen molar-refractivity contribution in [1.29, 1.82) is 0 Å². The Balaban J connectivity index is 2.20. The fraction of sp³-hybridized carbons (Fsp3) is 0.667. The van der Waals surface area contributed by atoms with Crippen LogP contribution in [-0.2, 0) is 4.74 Å². The van der Waals surface area contributed by atoms with E-state index in [0.29, 0.717) is 5.82 Å². The Bertz CT molecular complexity index is 329. The number of H-pyrrole nitrogens is 1. The number of hydrogen-bond acceptors (Lipinski definition) is 6. The summed E-state index contributed by atoms with van der Waals surface area (Å²) in [6, 6.07) is 0. The molecule has 1 aromatic rings. The van der Waals surface area contributed by atoms with Gasteiger partial charge in [-0.2, -0.15) is 0 Å². The summed E-state index contributed by atoms with van der Waals surface area (Å²) in [4.78, 5) is 6.65. The predicted molar refractivity (Wildman–Crippen MR) is 51.3 cm³/mol. The van der Waals surface area contributed by atoms with Gasteiger partial charge in [0.1, 0.15) is 36.3 Å². The minimum absolute atomic E-state index is 0.344. The van der Waals surface area contributed by atoms with Crippen LogP contribution in [0.5, 0.6) is 0 Å². The van der Waals surface area contributed by atoms with Crippen molar-refractivity contribution < 1.29 is 25.2 Å². The molecule has 7 heteroatoms. The third kappa shape index (κ3) is 1.83. The van der Waals surface area contributed by atoms with Crippen LogP contribution in [0, 0.1) is 0 Å². The molecule has 2 heterocycles. The van der Waals surface area contributed by atoms with Crippen molar-refractivity contribution in [2.24, 2.45) is 0 Å². The maximum atomic E-state index is 9.72. The maximum absolute atomic E-state index is 9.72. The Morgan fingerprint density at radius 1 is 1.25 bits per heavy atom. The van der Waals surface area contributed by atoms with Gasteiger partial charge < -0.3 is 30.1 Å². The van der Waals surface area contributed by atoms with E-state index >= 15 is 0 Å². The van der Waals surface area contributed by atoms with E-state index in [1.807, 2.05) is 0 Å². The highest BCUT2D eigenvalue weighted by molar-refractivity contribution is 5.02. The van der Waals surface area contributed by atoms with Gasteiger partial charge in [-0.3, -0.25) is 0 Å². The molecule has 0 spiro atoms.